The third-order valence-electron chi connectivity index (χ3n) is 3.89. The quantitative estimate of drug-likeness (QED) is 0.158. The van der Waals surface area contributed by atoms with E-state index in [4.69, 9.17) is 9.94 Å². The van der Waals surface area contributed by atoms with Crippen LogP contribution in [0.1, 0.15) is 30.9 Å². The van der Waals surface area contributed by atoms with E-state index in [9.17, 15) is 14.7 Å². The molecule has 29 heavy (non-hydrogen) atoms. The number of ether oxygens (including phenoxy) is 1. The first-order valence-electron chi connectivity index (χ1n) is 8.72. The second kappa shape index (κ2) is 11.6. The molecular formula is C20H20Br2N2O5. The molecule has 0 saturated carbocycles. The van der Waals surface area contributed by atoms with Crippen LogP contribution in [-0.4, -0.2) is 22.3 Å². The molecule has 1 atom stereocenters. The van der Waals surface area contributed by atoms with E-state index in [1.54, 1.807) is 42.5 Å². The molecule has 9 heteroatoms. The van der Waals surface area contributed by atoms with Crippen molar-refractivity contribution in [3.05, 3.63) is 69.1 Å². The van der Waals surface area contributed by atoms with Crippen LogP contribution in [0, 0.1) is 0 Å². The van der Waals surface area contributed by atoms with E-state index in [1.807, 2.05) is 6.07 Å². The summed E-state index contributed by atoms with van der Waals surface area (Å²) >= 11 is 6.66. The van der Waals surface area contributed by atoms with E-state index in [0.717, 1.165) is 0 Å². The number of halogens is 2. The maximum atomic E-state index is 12.4. The van der Waals surface area contributed by atoms with Crippen molar-refractivity contribution in [1.82, 2.24) is 5.48 Å². The summed E-state index contributed by atoms with van der Waals surface area (Å²) in [5.41, 5.74) is 2.55. The van der Waals surface area contributed by atoms with Crippen LogP contribution in [-0.2, 0) is 9.53 Å². The molecular weight excluding hydrogens is 508 g/mol. The highest BCUT2D eigenvalue weighted by molar-refractivity contribution is 9.11. The van der Waals surface area contributed by atoms with Gasteiger partial charge in [-0.3, -0.25) is 15.3 Å². The summed E-state index contributed by atoms with van der Waals surface area (Å²) in [4.78, 5) is 23.4. The van der Waals surface area contributed by atoms with Crippen LogP contribution in [0.25, 0.3) is 0 Å². The topological polar surface area (TPSA) is 108 Å². The maximum absolute atomic E-state index is 12.4. The normalized spacial score (nSPS) is 11.8. The summed E-state index contributed by atoms with van der Waals surface area (Å²) in [6.07, 6.45) is 2.95. The zero-order chi connectivity index (χ0) is 21.2. The first-order chi connectivity index (χ1) is 13.9. The number of phenols is 1. The molecule has 0 unspecified atom stereocenters. The number of aromatic hydroxyl groups is 1. The lowest BCUT2D eigenvalue weighted by Crippen LogP contribution is -2.18. The summed E-state index contributed by atoms with van der Waals surface area (Å²) in [5, 5.41) is 21.6. The van der Waals surface area contributed by atoms with Gasteiger partial charge < -0.3 is 9.84 Å². The number of unbranched alkanes of at least 4 members (excludes halogenated alkanes) is 1. The molecule has 2 amide bonds. The molecule has 154 valence electrons. The van der Waals surface area contributed by atoms with Gasteiger partial charge in [0.05, 0.1) is 4.47 Å². The number of nitrogens with one attached hydrogen (secondary N) is 2. The van der Waals surface area contributed by atoms with E-state index in [-0.39, 0.29) is 5.75 Å². The second-order valence-corrected chi connectivity index (χ2v) is 7.79. The maximum Gasteiger partial charge on any atom is 0.412 e. The lowest BCUT2D eigenvalue weighted by Gasteiger charge is -2.20. The van der Waals surface area contributed by atoms with Crippen molar-refractivity contribution in [2.45, 2.75) is 25.4 Å². The Morgan fingerprint density at radius 1 is 1.17 bits per heavy atom. The average molecular weight is 528 g/mol. The highest BCUT2D eigenvalue weighted by Gasteiger charge is 2.22. The summed E-state index contributed by atoms with van der Waals surface area (Å²) in [6, 6.07) is 12.3. The van der Waals surface area contributed by atoms with Crippen LogP contribution in [0.4, 0.5) is 10.5 Å². The van der Waals surface area contributed by atoms with Crippen molar-refractivity contribution in [2.75, 3.05) is 5.32 Å². The van der Waals surface area contributed by atoms with E-state index in [0.29, 0.717) is 39.5 Å². The molecule has 0 aliphatic carbocycles. The number of carbonyl (C=O) groups is 2. The lowest BCUT2D eigenvalue weighted by molar-refractivity contribution is -0.124. The fraction of sp³-hybridized carbons (Fsp3) is 0.200. The molecule has 0 saturated heterocycles. The molecule has 4 N–H and O–H groups in total. The number of allylic oxidation sites excluding steroid dienone is 1. The largest absolute Gasteiger partial charge is 0.506 e. The predicted octanol–water partition coefficient (Wildman–Crippen LogP) is 5.44. The smallest absolute Gasteiger partial charge is 0.412 e. The molecule has 7 nitrogen and oxygen atoms in total. The zero-order valence-corrected chi connectivity index (χ0v) is 18.4. The molecule has 2 rings (SSSR count). The van der Waals surface area contributed by atoms with Gasteiger partial charge in [0.2, 0.25) is 0 Å². The van der Waals surface area contributed by atoms with Crippen LogP contribution < -0.4 is 10.8 Å². The summed E-state index contributed by atoms with van der Waals surface area (Å²) in [6.45, 7) is 0. The third kappa shape index (κ3) is 7.52. The number of hydrogen-bond donors (Lipinski definition) is 4. The molecule has 2 aromatic carbocycles. The van der Waals surface area contributed by atoms with Gasteiger partial charge in [-0.05, 0) is 59.5 Å². The predicted molar refractivity (Wildman–Crippen MR) is 116 cm³/mol. The molecule has 0 aliphatic heterocycles. The molecule has 0 spiro atoms. The fourth-order valence-corrected chi connectivity index (χ4v) is 3.81. The van der Waals surface area contributed by atoms with Gasteiger partial charge in [-0.2, -0.15) is 0 Å². The number of para-hydroxylation sites is 1. The van der Waals surface area contributed by atoms with Gasteiger partial charge in [0.25, 0.3) is 5.91 Å². The van der Waals surface area contributed by atoms with Crippen molar-refractivity contribution in [1.29, 1.82) is 0 Å². The van der Waals surface area contributed by atoms with E-state index >= 15 is 0 Å². The Morgan fingerprint density at radius 2 is 1.90 bits per heavy atom. The summed E-state index contributed by atoms with van der Waals surface area (Å²) < 4.78 is 6.77. The van der Waals surface area contributed by atoms with Crippen LogP contribution >= 0.6 is 31.9 Å². The van der Waals surface area contributed by atoms with E-state index < -0.39 is 18.1 Å². The highest BCUT2D eigenvalue weighted by Crippen LogP contribution is 2.38. The van der Waals surface area contributed by atoms with Crippen molar-refractivity contribution < 1.29 is 24.6 Å². The van der Waals surface area contributed by atoms with Gasteiger partial charge in [0.15, 0.2) is 0 Å². The van der Waals surface area contributed by atoms with Crippen molar-refractivity contribution in [2.24, 2.45) is 0 Å². The van der Waals surface area contributed by atoms with Gasteiger partial charge in [0.1, 0.15) is 11.9 Å². The van der Waals surface area contributed by atoms with Gasteiger partial charge in [-0.25, -0.2) is 10.3 Å². The molecule has 0 heterocycles. The van der Waals surface area contributed by atoms with Gasteiger partial charge in [0, 0.05) is 21.8 Å². The highest BCUT2D eigenvalue weighted by atomic mass is 79.9. The number of carbonyl (C=O) groups excluding carboxylic acids is 2. The van der Waals surface area contributed by atoms with Gasteiger partial charge in [-0.1, -0.05) is 40.2 Å². The fourth-order valence-electron chi connectivity index (χ4n) is 2.56. The molecule has 0 bridgehead atoms. The Kier molecular flexibility index (Phi) is 9.17. The van der Waals surface area contributed by atoms with Crippen LogP contribution in [0.5, 0.6) is 5.75 Å². The number of rotatable bonds is 8. The minimum Gasteiger partial charge on any atom is -0.506 e. The monoisotopic (exact) mass is 526 g/mol. The van der Waals surface area contributed by atoms with Crippen molar-refractivity contribution in [3.8, 4) is 5.75 Å². The summed E-state index contributed by atoms with van der Waals surface area (Å²) in [7, 11) is 0. The minimum atomic E-state index is -0.715. The van der Waals surface area contributed by atoms with Gasteiger partial charge in [-0.15, -0.1) is 0 Å². The molecule has 0 fully saturated rings. The molecule has 0 radical (unpaired) electrons. The molecule has 0 aliphatic rings. The lowest BCUT2D eigenvalue weighted by atomic mass is 10.0. The number of hydrogen-bond acceptors (Lipinski definition) is 5. The van der Waals surface area contributed by atoms with E-state index in [2.05, 4.69) is 37.2 Å². The third-order valence-corrected chi connectivity index (χ3v) is 4.95. The average Bonchev–Trinajstić information content (AvgIpc) is 2.70. The number of amides is 2. The number of phenolic OH excluding ortho intramolecular Hbond substituents is 1. The van der Waals surface area contributed by atoms with Crippen LogP contribution in [0.3, 0.4) is 0 Å². The van der Waals surface area contributed by atoms with Crippen molar-refractivity contribution in [3.63, 3.8) is 0 Å². The van der Waals surface area contributed by atoms with Gasteiger partial charge >= 0.3 is 6.09 Å². The number of benzene rings is 2. The second-order valence-electron chi connectivity index (χ2n) is 6.02. The number of hydroxylamine groups is 1. The SMILES string of the molecule is O=C(/C=C/CCC[C@H](OC(=O)Nc1ccccc1)c1cc(Br)cc(Br)c1O)NO. The first kappa shape index (κ1) is 22.9. The summed E-state index contributed by atoms with van der Waals surface area (Å²) in [5.74, 6) is -0.630. The number of anilines is 1. The Bertz CT molecular complexity index is 875. The first-order valence-corrected chi connectivity index (χ1v) is 10.3. The van der Waals surface area contributed by atoms with Crippen molar-refractivity contribution >= 4 is 49.5 Å². The Labute approximate surface area is 185 Å². The Morgan fingerprint density at radius 3 is 2.59 bits per heavy atom. The minimum absolute atomic E-state index is 0.0130. The van der Waals surface area contributed by atoms with Crippen LogP contribution in [0.15, 0.2) is 63.6 Å². The standard InChI is InChI=1S/C20H20Br2N2O5/c21-13-11-15(19(26)16(22)12-13)17(9-5-2-6-10-18(25)24-28)29-20(27)23-14-7-3-1-4-8-14/h1,3-4,6-8,10-12,17,26,28H,2,5,9H2,(H,23,27)(H,24,25)/b10-6+/t17-/m0/s1. The van der Waals surface area contributed by atoms with E-state index in [1.165, 1.54) is 11.6 Å². The Hall–Kier alpha value is -2.36. The zero-order valence-electron chi connectivity index (χ0n) is 15.3. The van der Waals surface area contributed by atoms with Crippen LogP contribution in [0.2, 0.25) is 0 Å². The molecule has 2 aromatic rings. The Balaban J connectivity index is 2.11. The molecule has 0 aromatic heterocycles.